The van der Waals surface area contributed by atoms with Gasteiger partial charge < -0.3 is 19.7 Å². The number of anilines is 2. The number of nitrogens with zero attached hydrogens (tertiary/aromatic N) is 5. The first-order valence-corrected chi connectivity index (χ1v) is 11.9. The maximum absolute atomic E-state index is 13.2. The summed E-state index contributed by atoms with van der Waals surface area (Å²) < 4.78 is 51.6. The quantitative estimate of drug-likeness (QED) is 0.547. The van der Waals surface area contributed by atoms with Crippen LogP contribution >= 0.6 is 0 Å². The van der Waals surface area contributed by atoms with E-state index in [1.54, 1.807) is 18.5 Å². The molecule has 0 spiro atoms. The number of halogens is 3. The molecule has 1 N–H and O–H groups in total. The van der Waals surface area contributed by atoms with Crippen LogP contribution in [0.25, 0.3) is 11.0 Å². The van der Waals surface area contributed by atoms with Crippen molar-refractivity contribution in [3.63, 3.8) is 0 Å². The van der Waals surface area contributed by atoms with Gasteiger partial charge in [0.1, 0.15) is 23.2 Å². The Hall–Kier alpha value is -3.65. The molecule has 2 aliphatic rings. The van der Waals surface area contributed by atoms with Crippen LogP contribution < -0.4 is 15.0 Å². The number of aromatic nitrogens is 3. The zero-order valence-corrected chi connectivity index (χ0v) is 19.5. The van der Waals surface area contributed by atoms with E-state index >= 15 is 0 Å². The molecule has 3 aromatic rings. The number of pyridine rings is 1. The Balaban J connectivity index is 1.26. The zero-order valence-electron chi connectivity index (χ0n) is 19.5. The second-order valence-corrected chi connectivity index (χ2v) is 8.91. The van der Waals surface area contributed by atoms with Gasteiger partial charge in [0.05, 0.1) is 30.4 Å². The van der Waals surface area contributed by atoms with Crippen LogP contribution in [-0.2, 0) is 10.9 Å². The Bertz CT molecular complexity index is 1260. The lowest BCUT2D eigenvalue weighted by molar-refractivity contribution is -0.141. The summed E-state index contributed by atoms with van der Waals surface area (Å²) in [6.07, 6.45) is 1.44. The van der Waals surface area contributed by atoms with Crippen LogP contribution in [0.5, 0.6) is 5.75 Å². The van der Waals surface area contributed by atoms with Crippen molar-refractivity contribution in [3.05, 3.63) is 47.9 Å². The monoisotopic (exact) mass is 498 g/mol. The topological polar surface area (TPSA) is 96.2 Å². The van der Waals surface area contributed by atoms with Crippen molar-refractivity contribution < 1.29 is 22.6 Å². The minimum absolute atomic E-state index is 0.0393. The van der Waals surface area contributed by atoms with Crippen molar-refractivity contribution in [1.82, 2.24) is 15.0 Å². The van der Waals surface area contributed by atoms with Crippen molar-refractivity contribution in [1.29, 1.82) is 5.26 Å². The van der Waals surface area contributed by atoms with Crippen LogP contribution in [0.2, 0.25) is 0 Å². The maximum Gasteiger partial charge on any atom is 0.434 e. The largest absolute Gasteiger partial charge is 0.488 e. The summed E-state index contributed by atoms with van der Waals surface area (Å²) in [6.45, 7) is 2.93. The Kier molecular flexibility index (Phi) is 6.78. The molecule has 0 radical (unpaired) electrons. The Morgan fingerprint density at radius 1 is 1.06 bits per heavy atom. The first-order chi connectivity index (χ1) is 17.4. The smallest absolute Gasteiger partial charge is 0.434 e. The normalized spacial score (nSPS) is 20.7. The highest BCUT2D eigenvalue weighted by Gasteiger charge is 2.36. The number of nitriles is 1. The van der Waals surface area contributed by atoms with Gasteiger partial charge in [-0.15, -0.1) is 0 Å². The molecule has 1 saturated heterocycles. The van der Waals surface area contributed by atoms with E-state index in [1.807, 2.05) is 12.1 Å². The van der Waals surface area contributed by atoms with E-state index in [-0.39, 0.29) is 18.0 Å². The van der Waals surface area contributed by atoms with Crippen molar-refractivity contribution in [2.75, 3.05) is 36.5 Å². The number of rotatable bonds is 5. The molecule has 8 nitrogen and oxygen atoms in total. The van der Waals surface area contributed by atoms with Crippen molar-refractivity contribution in [2.24, 2.45) is 0 Å². The number of fused-ring (bicyclic) bond motifs is 1. The number of alkyl halides is 3. The van der Waals surface area contributed by atoms with Gasteiger partial charge in [-0.25, -0.2) is 9.97 Å². The van der Waals surface area contributed by atoms with Gasteiger partial charge in [0, 0.05) is 43.3 Å². The van der Waals surface area contributed by atoms with Crippen LogP contribution in [0.1, 0.15) is 36.9 Å². The Morgan fingerprint density at radius 2 is 1.81 bits per heavy atom. The van der Waals surface area contributed by atoms with Gasteiger partial charge in [0.2, 0.25) is 0 Å². The number of nitrogens with one attached hydrogen (secondary N) is 1. The van der Waals surface area contributed by atoms with E-state index in [9.17, 15) is 13.2 Å². The minimum atomic E-state index is -4.68. The fourth-order valence-electron chi connectivity index (χ4n) is 4.68. The third-order valence-electron chi connectivity index (χ3n) is 6.50. The van der Waals surface area contributed by atoms with Crippen molar-refractivity contribution in [3.8, 4) is 11.8 Å². The van der Waals surface area contributed by atoms with Gasteiger partial charge in [-0.3, -0.25) is 4.98 Å². The first kappa shape index (κ1) is 24.1. The van der Waals surface area contributed by atoms with Crippen LogP contribution in [0, 0.1) is 11.3 Å². The molecule has 188 valence electrons. The average Bonchev–Trinajstić information content (AvgIpc) is 2.90. The molecule has 11 heteroatoms. The number of morpholine rings is 1. The number of hydrogen-bond donors (Lipinski definition) is 1. The van der Waals surface area contributed by atoms with E-state index < -0.39 is 17.4 Å². The third-order valence-corrected chi connectivity index (χ3v) is 6.50. The molecule has 2 aromatic heterocycles. The predicted octanol–water partition coefficient (Wildman–Crippen LogP) is 4.55. The van der Waals surface area contributed by atoms with E-state index in [0.29, 0.717) is 37.3 Å². The molecule has 0 bridgehead atoms. The molecule has 1 aromatic carbocycles. The number of hydrogen-bond acceptors (Lipinski definition) is 8. The minimum Gasteiger partial charge on any atom is -0.488 e. The van der Waals surface area contributed by atoms with Gasteiger partial charge >= 0.3 is 6.18 Å². The van der Waals surface area contributed by atoms with E-state index in [4.69, 9.17) is 14.7 Å². The first-order valence-electron chi connectivity index (χ1n) is 11.9. The zero-order chi connectivity index (χ0) is 25.1. The second kappa shape index (κ2) is 10.1. The molecular formula is C25H25F3N6O2. The number of benzene rings is 1. The summed E-state index contributed by atoms with van der Waals surface area (Å²) in [4.78, 5) is 14.9. The van der Waals surface area contributed by atoms with Crippen LogP contribution in [-0.4, -0.2) is 53.4 Å². The second-order valence-electron chi connectivity index (χ2n) is 8.91. The van der Waals surface area contributed by atoms with Crippen LogP contribution in [0.3, 0.4) is 0 Å². The summed E-state index contributed by atoms with van der Waals surface area (Å²) in [5.41, 5.74) is 0.833. The molecule has 2 fully saturated rings. The van der Waals surface area contributed by atoms with E-state index in [1.165, 1.54) is 6.07 Å². The maximum atomic E-state index is 13.2. The van der Waals surface area contributed by atoms with Crippen molar-refractivity contribution in [2.45, 2.75) is 44.0 Å². The van der Waals surface area contributed by atoms with Gasteiger partial charge in [0.25, 0.3) is 0 Å². The van der Waals surface area contributed by atoms with Gasteiger partial charge in [0.15, 0.2) is 5.69 Å². The van der Waals surface area contributed by atoms with Crippen LogP contribution in [0.4, 0.5) is 24.7 Å². The fourth-order valence-corrected chi connectivity index (χ4v) is 4.68. The molecule has 3 heterocycles. The highest BCUT2D eigenvalue weighted by molar-refractivity contribution is 5.85. The Labute approximate surface area is 206 Å². The summed E-state index contributed by atoms with van der Waals surface area (Å²) in [7, 11) is 0. The molecule has 0 unspecified atom stereocenters. The Morgan fingerprint density at radius 3 is 2.53 bits per heavy atom. The molecule has 1 aliphatic heterocycles. The summed E-state index contributed by atoms with van der Waals surface area (Å²) >= 11 is 0. The van der Waals surface area contributed by atoms with Gasteiger partial charge in [-0.05, 0) is 43.9 Å². The molecule has 5 rings (SSSR count). The lowest BCUT2D eigenvalue weighted by atomic mass is 9.93. The highest BCUT2D eigenvalue weighted by atomic mass is 19.4. The lowest BCUT2D eigenvalue weighted by Crippen LogP contribution is -2.36. The van der Waals surface area contributed by atoms with Gasteiger partial charge in [-0.2, -0.15) is 18.4 Å². The van der Waals surface area contributed by atoms with Crippen molar-refractivity contribution >= 4 is 22.5 Å². The third kappa shape index (κ3) is 5.28. The molecule has 1 saturated carbocycles. The summed E-state index contributed by atoms with van der Waals surface area (Å²) in [5.74, 6) is 0.798. The van der Waals surface area contributed by atoms with E-state index in [2.05, 4.69) is 25.2 Å². The fraction of sp³-hybridized carbons (Fsp3) is 0.440. The molecule has 0 amide bonds. The molecule has 0 atom stereocenters. The van der Waals surface area contributed by atoms with E-state index in [0.717, 1.165) is 43.2 Å². The molecule has 1 aliphatic carbocycles. The number of ether oxygens (including phenoxy) is 2. The SMILES string of the molecule is N#Cc1ccc(NC2CCC(Oc3cc(N4CCOCC4)cc4nccnc34)CC2)nc1C(F)(F)F. The highest BCUT2D eigenvalue weighted by Crippen LogP contribution is 2.34. The lowest BCUT2D eigenvalue weighted by Gasteiger charge is -2.31. The standard InChI is InChI=1S/C25H25F3N6O2/c26-25(27,28)24-16(15-29)1-6-22(33-24)32-17-2-4-19(5-3-17)36-21-14-18(34-9-11-35-12-10-34)13-20-23(21)31-8-7-30-20/h1,6-8,13-14,17,19H,2-5,9-12H2,(H,32,33). The molecular weight excluding hydrogens is 473 g/mol. The van der Waals surface area contributed by atoms with Gasteiger partial charge in [-0.1, -0.05) is 0 Å². The van der Waals surface area contributed by atoms with Crippen LogP contribution in [0.15, 0.2) is 36.7 Å². The predicted molar refractivity (Wildman–Crippen MR) is 127 cm³/mol. The average molecular weight is 499 g/mol. The summed E-state index contributed by atoms with van der Waals surface area (Å²) in [5, 5.41) is 12.1. The summed E-state index contributed by atoms with van der Waals surface area (Å²) in [6, 6.07) is 8.10. The molecule has 36 heavy (non-hydrogen) atoms.